The van der Waals surface area contributed by atoms with Gasteiger partial charge in [0.05, 0.1) is 11.0 Å². The summed E-state index contributed by atoms with van der Waals surface area (Å²) in [5.41, 5.74) is 3.02. The molecule has 0 saturated carbocycles. The van der Waals surface area contributed by atoms with Crippen molar-refractivity contribution in [3.05, 3.63) is 59.1 Å². The third-order valence-electron chi connectivity index (χ3n) is 2.96. The van der Waals surface area contributed by atoms with Gasteiger partial charge in [-0.25, -0.2) is 9.98 Å². The first-order valence-corrected chi connectivity index (χ1v) is 6.33. The van der Waals surface area contributed by atoms with E-state index in [2.05, 4.69) is 9.98 Å². The van der Waals surface area contributed by atoms with Crippen molar-refractivity contribution in [3.8, 4) is 0 Å². The third kappa shape index (κ3) is 2.37. The molecular weight excluding hydrogens is 258 g/mol. The van der Waals surface area contributed by atoms with Crippen LogP contribution in [0, 0.1) is 0 Å². The van der Waals surface area contributed by atoms with E-state index in [1.807, 2.05) is 60.1 Å². The Hall–Kier alpha value is -2.13. The van der Waals surface area contributed by atoms with Gasteiger partial charge < -0.3 is 4.57 Å². The van der Waals surface area contributed by atoms with E-state index in [0.717, 1.165) is 21.6 Å². The average Bonchev–Trinajstić information content (AvgIpc) is 2.76. The molecule has 1 aromatic heterocycles. The van der Waals surface area contributed by atoms with Crippen molar-refractivity contribution in [2.24, 2.45) is 12.0 Å². The summed E-state index contributed by atoms with van der Waals surface area (Å²) in [4.78, 5) is 8.91. The highest BCUT2D eigenvalue weighted by Gasteiger charge is 2.04. The Morgan fingerprint density at radius 1 is 1.11 bits per heavy atom. The molecule has 19 heavy (non-hydrogen) atoms. The van der Waals surface area contributed by atoms with Crippen molar-refractivity contribution < 1.29 is 0 Å². The molecule has 2 aromatic carbocycles. The summed E-state index contributed by atoms with van der Waals surface area (Å²) in [6, 6.07) is 15.5. The minimum absolute atomic E-state index is 0.691. The number of aliphatic imine (C=N–C) groups is 1. The molecule has 0 amide bonds. The van der Waals surface area contributed by atoms with Gasteiger partial charge in [0.2, 0.25) is 5.95 Å². The van der Waals surface area contributed by atoms with Gasteiger partial charge in [-0.1, -0.05) is 35.9 Å². The molecule has 3 rings (SSSR count). The van der Waals surface area contributed by atoms with Crippen molar-refractivity contribution in [1.82, 2.24) is 9.55 Å². The van der Waals surface area contributed by atoms with E-state index >= 15 is 0 Å². The Morgan fingerprint density at radius 3 is 2.58 bits per heavy atom. The first-order chi connectivity index (χ1) is 9.24. The van der Waals surface area contributed by atoms with Gasteiger partial charge in [-0.3, -0.25) is 0 Å². The lowest BCUT2D eigenvalue weighted by molar-refractivity contribution is 0.945. The molecule has 0 N–H and O–H groups in total. The van der Waals surface area contributed by atoms with E-state index in [9.17, 15) is 0 Å². The summed E-state index contributed by atoms with van der Waals surface area (Å²) < 4.78 is 1.97. The molecule has 0 aliphatic heterocycles. The number of fused-ring (bicyclic) bond motifs is 1. The van der Waals surface area contributed by atoms with Crippen LogP contribution in [0.5, 0.6) is 0 Å². The summed E-state index contributed by atoms with van der Waals surface area (Å²) >= 11 is 5.85. The number of imidazole rings is 1. The molecular formula is C15H12ClN3. The topological polar surface area (TPSA) is 30.2 Å². The Labute approximate surface area is 116 Å². The van der Waals surface area contributed by atoms with Gasteiger partial charge in [0.25, 0.3) is 0 Å². The average molecular weight is 270 g/mol. The number of nitrogens with zero attached hydrogens (tertiary/aromatic N) is 3. The fraction of sp³-hybridized carbons (Fsp3) is 0.0667. The Morgan fingerprint density at radius 2 is 1.84 bits per heavy atom. The highest BCUT2D eigenvalue weighted by Crippen LogP contribution is 2.19. The normalized spacial score (nSPS) is 11.5. The standard InChI is InChI=1S/C15H12ClN3/c1-19-14-5-3-2-4-13(14)18-15(19)17-10-11-6-8-12(16)9-7-11/h2-10H,1H3. The lowest BCUT2D eigenvalue weighted by Crippen LogP contribution is -1.87. The molecule has 94 valence electrons. The van der Waals surface area contributed by atoms with Gasteiger partial charge in [0, 0.05) is 18.3 Å². The molecule has 1 heterocycles. The summed E-state index contributed by atoms with van der Waals surface area (Å²) in [7, 11) is 1.96. The van der Waals surface area contributed by atoms with E-state index in [-0.39, 0.29) is 0 Å². The summed E-state index contributed by atoms with van der Waals surface area (Å²) in [5, 5.41) is 0.722. The molecule has 0 aliphatic rings. The Balaban J connectivity index is 1.97. The van der Waals surface area contributed by atoms with Crippen molar-refractivity contribution in [1.29, 1.82) is 0 Å². The van der Waals surface area contributed by atoms with Crippen LogP contribution in [0.4, 0.5) is 5.95 Å². The van der Waals surface area contributed by atoms with E-state index in [4.69, 9.17) is 11.6 Å². The Kier molecular flexibility index (Phi) is 3.05. The zero-order valence-electron chi connectivity index (χ0n) is 10.4. The molecule has 0 aliphatic carbocycles. The molecule has 0 saturated heterocycles. The van der Waals surface area contributed by atoms with Crippen molar-refractivity contribution in [2.45, 2.75) is 0 Å². The van der Waals surface area contributed by atoms with Crippen LogP contribution < -0.4 is 0 Å². The quantitative estimate of drug-likeness (QED) is 0.647. The first kappa shape index (κ1) is 11.9. The fourth-order valence-electron chi connectivity index (χ4n) is 1.93. The summed E-state index contributed by atoms with van der Waals surface area (Å²) in [6.07, 6.45) is 1.79. The van der Waals surface area contributed by atoms with Gasteiger partial charge in [-0.15, -0.1) is 0 Å². The molecule has 4 heteroatoms. The predicted molar refractivity (Wildman–Crippen MR) is 79.4 cm³/mol. The van der Waals surface area contributed by atoms with Crippen LogP contribution in [0.15, 0.2) is 53.5 Å². The lowest BCUT2D eigenvalue weighted by atomic mass is 10.2. The van der Waals surface area contributed by atoms with E-state index in [1.54, 1.807) is 6.21 Å². The van der Waals surface area contributed by atoms with E-state index in [1.165, 1.54) is 0 Å². The number of hydrogen-bond donors (Lipinski definition) is 0. The second-order valence-electron chi connectivity index (χ2n) is 4.27. The molecule has 0 spiro atoms. The van der Waals surface area contributed by atoms with Crippen LogP contribution in [0.2, 0.25) is 5.02 Å². The minimum Gasteiger partial charge on any atom is -0.311 e. The van der Waals surface area contributed by atoms with Gasteiger partial charge in [-0.05, 0) is 29.8 Å². The maximum absolute atomic E-state index is 5.85. The number of halogens is 1. The van der Waals surface area contributed by atoms with Gasteiger partial charge >= 0.3 is 0 Å². The van der Waals surface area contributed by atoms with Crippen LogP contribution in [0.3, 0.4) is 0 Å². The number of rotatable bonds is 2. The van der Waals surface area contributed by atoms with Crippen LogP contribution in [0.1, 0.15) is 5.56 Å². The van der Waals surface area contributed by atoms with Gasteiger partial charge in [-0.2, -0.15) is 0 Å². The minimum atomic E-state index is 0.691. The van der Waals surface area contributed by atoms with Crippen LogP contribution in [0.25, 0.3) is 11.0 Å². The van der Waals surface area contributed by atoms with Crippen LogP contribution >= 0.6 is 11.6 Å². The van der Waals surface area contributed by atoms with Crippen molar-refractivity contribution in [2.75, 3.05) is 0 Å². The van der Waals surface area contributed by atoms with Crippen LogP contribution in [-0.4, -0.2) is 15.8 Å². The molecule has 0 fully saturated rings. The second kappa shape index (κ2) is 4.86. The summed E-state index contributed by atoms with van der Waals surface area (Å²) in [5.74, 6) is 0.691. The third-order valence-corrected chi connectivity index (χ3v) is 3.21. The van der Waals surface area contributed by atoms with Crippen molar-refractivity contribution in [3.63, 3.8) is 0 Å². The molecule has 0 bridgehead atoms. The maximum Gasteiger partial charge on any atom is 0.230 e. The second-order valence-corrected chi connectivity index (χ2v) is 4.71. The lowest BCUT2D eigenvalue weighted by Gasteiger charge is -1.96. The van der Waals surface area contributed by atoms with Gasteiger partial charge in [0.1, 0.15) is 0 Å². The summed E-state index contributed by atoms with van der Waals surface area (Å²) in [6.45, 7) is 0. The molecule has 0 unspecified atom stereocenters. The number of para-hydroxylation sites is 2. The predicted octanol–water partition coefficient (Wildman–Crippen LogP) is 3.98. The molecule has 0 radical (unpaired) electrons. The highest BCUT2D eigenvalue weighted by atomic mass is 35.5. The van der Waals surface area contributed by atoms with Crippen LogP contribution in [-0.2, 0) is 7.05 Å². The zero-order chi connectivity index (χ0) is 13.2. The molecule has 3 aromatic rings. The monoisotopic (exact) mass is 269 g/mol. The fourth-order valence-corrected chi connectivity index (χ4v) is 2.06. The zero-order valence-corrected chi connectivity index (χ0v) is 11.2. The largest absolute Gasteiger partial charge is 0.311 e. The molecule has 0 atom stereocenters. The maximum atomic E-state index is 5.85. The molecule has 3 nitrogen and oxygen atoms in total. The Bertz CT molecular complexity index is 742. The highest BCUT2D eigenvalue weighted by molar-refractivity contribution is 6.30. The van der Waals surface area contributed by atoms with Crippen molar-refractivity contribution >= 4 is 34.8 Å². The van der Waals surface area contributed by atoms with Gasteiger partial charge in [0.15, 0.2) is 0 Å². The smallest absolute Gasteiger partial charge is 0.230 e. The number of hydrogen-bond acceptors (Lipinski definition) is 2. The number of benzene rings is 2. The first-order valence-electron chi connectivity index (χ1n) is 5.95. The van der Waals surface area contributed by atoms with E-state index < -0.39 is 0 Å². The number of aromatic nitrogens is 2. The van der Waals surface area contributed by atoms with E-state index in [0.29, 0.717) is 5.95 Å². The SMILES string of the molecule is Cn1c(N=Cc2ccc(Cl)cc2)nc2ccccc21. The number of aryl methyl sites for hydroxylation is 1.